The van der Waals surface area contributed by atoms with Crippen molar-refractivity contribution >= 4 is 16.7 Å². The summed E-state index contributed by atoms with van der Waals surface area (Å²) in [5.41, 5.74) is 2.91. The molecule has 1 N–H and O–H groups in total. The number of hydrogen-bond acceptors (Lipinski definition) is 6. The molecule has 2 aliphatic rings. The number of H-pyrrole nitrogens is 1. The van der Waals surface area contributed by atoms with E-state index in [0.29, 0.717) is 24.4 Å². The van der Waals surface area contributed by atoms with E-state index in [0.717, 1.165) is 16.7 Å². The largest absolute Gasteiger partial charge is 0.449 e. The maximum atomic E-state index is 15.4. The van der Waals surface area contributed by atoms with Crippen LogP contribution in [0.25, 0.3) is 11.0 Å². The minimum atomic E-state index is -0.872. The molecule has 0 saturated carbocycles. The van der Waals surface area contributed by atoms with Crippen molar-refractivity contribution in [1.29, 1.82) is 0 Å². The van der Waals surface area contributed by atoms with E-state index < -0.39 is 5.79 Å². The van der Waals surface area contributed by atoms with Gasteiger partial charge in [-0.15, -0.1) is 0 Å². The van der Waals surface area contributed by atoms with E-state index >= 15 is 4.39 Å². The Labute approximate surface area is 191 Å². The van der Waals surface area contributed by atoms with E-state index in [1.54, 1.807) is 49.9 Å². The highest BCUT2D eigenvalue weighted by molar-refractivity contribution is 5.88. The second-order valence-corrected chi connectivity index (χ2v) is 9.67. The lowest BCUT2D eigenvalue weighted by molar-refractivity contribution is -0.0445. The van der Waals surface area contributed by atoms with E-state index in [-0.39, 0.29) is 35.3 Å². The van der Waals surface area contributed by atoms with Gasteiger partial charge in [0.05, 0.1) is 11.2 Å². The Morgan fingerprint density at radius 3 is 2.73 bits per heavy atom. The van der Waals surface area contributed by atoms with Crippen LogP contribution in [-0.4, -0.2) is 50.6 Å². The fraction of sp³-hybridized carbons (Fsp3) is 0.500. The number of fused-ring (bicyclic) bond motifs is 2. The molecule has 4 heterocycles. The third-order valence-electron chi connectivity index (χ3n) is 6.90. The number of rotatable bonds is 3. The van der Waals surface area contributed by atoms with Gasteiger partial charge in [-0.25, -0.2) is 4.39 Å². The first-order valence-electron chi connectivity index (χ1n) is 11.3. The van der Waals surface area contributed by atoms with Crippen LogP contribution >= 0.6 is 0 Å². The monoisotopic (exact) mass is 455 g/mol. The lowest BCUT2D eigenvalue weighted by Gasteiger charge is -2.47. The molecule has 1 saturated heterocycles. The third-order valence-corrected chi connectivity index (χ3v) is 6.90. The van der Waals surface area contributed by atoms with Gasteiger partial charge in [0.25, 0.3) is 5.56 Å². The molecule has 0 aliphatic carbocycles. The molecule has 0 spiro atoms. The summed E-state index contributed by atoms with van der Waals surface area (Å²) in [6, 6.07) is 5.31. The number of pyridine rings is 1. The van der Waals surface area contributed by atoms with E-state index in [9.17, 15) is 4.79 Å². The molecule has 2 aromatic heterocycles. The Kier molecular flexibility index (Phi) is 4.93. The van der Waals surface area contributed by atoms with Crippen LogP contribution in [0.15, 0.2) is 29.2 Å². The molecule has 1 fully saturated rings. The van der Waals surface area contributed by atoms with Gasteiger partial charge in [0.2, 0.25) is 11.5 Å². The van der Waals surface area contributed by atoms with E-state index in [2.05, 4.69) is 33.8 Å². The molecule has 1 aromatic carbocycles. The molecule has 8 nitrogen and oxygen atoms in total. The molecular formula is C24H30FN5O3. The fourth-order valence-electron chi connectivity index (χ4n) is 5.14. The average molecular weight is 456 g/mol. The van der Waals surface area contributed by atoms with E-state index in [1.165, 1.54) is 0 Å². The zero-order valence-electron chi connectivity index (χ0n) is 19.8. The van der Waals surface area contributed by atoms with Crippen LogP contribution < -0.4 is 19.9 Å². The predicted octanol–water partition coefficient (Wildman–Crippen LogP) is 3.57. The zero-order chi connectivity index (χ0) is 23.7. The van der Waals surface area contributed by atoms with Crippen molar-refractivity contribution in [3.8, 4) is 11.5 Å². The highest BCUT2D eigenvalue weighted by Gasteiger charge is 2.38. The number of aromatic nitrogens is 3. The molecule has 0 radical (unpaired) electrons. The number of anilines is 1. The van der Waals surface area contributed by atoms with Gasteiger partial charge in [0.15, 0.2) is 11.6 Å². The molecule has 3 aromatic rings. The highest BCUT2D eigenvalue weighted by Crippen LogP contribution is 2.44. The number of halogens is 1. The Hall–Kier alpha value is -3.07. The summed E-state index contributed by atoms with van der Waals surface area (Å²) in [7, 11) is 1.75. The lowest BCUT2D eigenvalue weighted by atomic mass is 9.99. The number of hydrogen-bond donors (Lipinski definition) is 1. The Bertz CT molecular complexity index is 1280. The van der Waals surface area contributed by atoms with Gasteiger partial charge in [-0.3, -0.25) is 14.8 Å². The normalized spacial score (nSPS) is 23.3. The first-order valence-corrected chi connectivity index (χ1v) is 11.3. The maximum absolute atomic E-state index is 15.4. The Balaban J connectivity index is 1.43. The van der Waals surface area contributed by atoms with Crippen molar-refractivity contribution in [2.45, 2.75) is 58.5 Å². The van der Waals surface area contributed by atoms with Gasteiger partial charge in [0.1, 0.15) is 5.52 Å². The Morgan fingerprint density at radius 1 is 1.21 bits per heavy atom. The Morgan fingerprint density at radius 2 is 1.97 bits per heavy atom. The number of piperazine rings is 1. The van der Waals surface area contributed by atoms with E-state index in [4.69, 9.17) is 9.47 Å². The van der Waals surface area contributed by atoms with Gasteiger partial charge < -0.3 is 18.9 Å². The number of ether oxygens (including phenoxy) is 2. The predicted molar refractivity (Wildman–Crippen MR) is 124 cm³/mol. The van der Waals surface area contributed by atoms with Gasteiger partial charge >= 0.3 is 0 Å². The van der Waals surface area contributed by atoms with Crippen molar-refractivity contribution in [1.82, 2.24) is 19.7 Å². The van der Waals surface area contributed by atoms with Crippen molar-refractivity contribution in [2.24, 2.45) is 7.05 Å². The van der Waals surface area contributed by atoms with Crippen molar-refractivity contribution in [3.05, 3.63) is 46.1 Å². The number of aryl methyl sites for hydroxylation is 1. The quantitative estimate of drug-likeness (QED) is 0.651. The number of nitrogens with one attached hydrogen (secondary N) is 1. The van der Waals surface area contributed by atoms with Crippen LogP contribution in [-0.2, 0) is 7.05 Å². The molecule has 2 aliphatic heterocycles. The topological polar surface area (TPSA) is 75.6 Å². The summed E-state index contributed by atoms with van der Waals surface area (Å²) in [4.78, 5) is 17.1. The zero-order valence-corrected chi connectivity index (χ0v) is 19.8. The standard InChI is InChI=1S/C24H30FN5O3/c1-13-12-30(17-9-20(31)28(6)18-10-26-27-22(17)18)14(2)11-29(13)15(3)16-7-8-19-23(21(16)25)33-24(4,5)32-19/h7-10,13-15H,11-12H2,1-6H3,(H,26,27)/t13-,14+,15?/m1/s1. The lowest BCUT2D eigenvalue weighted by Crippen LogP contribution is -2.57. The minimum absolute atomic E-state index is 0.0695. The first kappa shape index (κ1) is 21.8. The molecule has 1 unspecified atom stereocenters. The molecule has 5 rings (SSSR count). The molecular weight excluding hydrogens is 425 g/mol. The van der Waals surface area contributed by atoms with Crippen LogP contribution in [0.3, 0.4) is 0 Å². The first-order chi connectivity index (χ1) is 15.6. The van der Waals surface area contributed by atoms with Crippen molar-refractivity contribution < 1.29 is 13.9 Å². The summed E-state index contributed by atoms with van der Waals surface area (Å²) < 4.78 is 28.4. The van der Waals surface area contributed by atoms with Crippen molar-refractivity contribution in [3.63, 3.8) is 0 Å². The van der Waals surface area contributed by atoms with Gasteiger partial charge in [-0.05, 0) is 26.8 Å². The number of benzene rings is 1. The summed E-state index contributed by atoms with van der Waals surface area (Å²) in [5.74, 6) is -0.612. The number of nitrogens with zero attached hydrogens (tertiary/aromatic N) is 4. The molecule has 3 atom stereocenters. The van der Waals surface area contributed by atoms with Gasteiger partial charge in [-0.1, -0.05) is 6.07 Å². The minimum Gasteiger partial charge on any atom is -0.449 e. The summed E-state index contributed by atoms with van der Waals surface area (Å²) in [6.45, 7) is 11.2. The molecule has 176 valence electrons. The molecule has 0 bridgehead atoms. The molecule has 9 heteroatoms. The smallest absolute Gasteiger partial charge is 0.252 e. The second-order valence-electron chi connectivity index (χ2n) is 9.67. The van der Waals surface area contributed by atoms with Gasteiger partial charge in [-0.2, -0.15) is 5.10 Å². The third kappa shape index (κ3) is 3.45. The van der Waals surface area contributed by atoms with Crippen LogP contribution in [0.2, 0.25) is 0 Å². The van der Waals surface area contributed by atoms with E-state index in [1.807, 2.05) is 6.92 Å². The summed E-state index contributed by atoms with van der Waals surface area (Å²) >= 11 is 0. The summed E-state index contributed by atoms with van der Waals surface area (Å²) in [5, 5.41) is 7.28. The summed E-state index contributed by atoms with van der Waals surface area (Å²) in [6.07, 6.45) is 1.75. The van der Waals surface area contributed by atoms with Gasteiger partial charge in [0, 0.05) is 69.9 Å². The number of aromatic amines is 1. The second kappa shape index (κ2) is 7.48. The van der Waals surface area contributed by atoms with Crippen LogP contribution in [0.5, 0.6) is 11.5 Å². The van der Waals surface area contributed by atoms with Crippen LogP contribution in [0, 0.1) is 5.82 Å². The maximum Gasteiger partial charge on any atom is 0.252 e. The fourth-order valence-corrected chi connectivity index (χ4v) is 5.14. The molecule has 33 heavy (non-hydrogen) atoms. The van der Waals surface area contributed by atoms with Crippen molar-refractivity contribution in [2.75, 3.05) is 18.0 Å². The molecule has 0 amide bonds. The van der Waals surface area contributed by atoms with Crippen LogP contribution in [0.1, 0.15) is 46.2 Å². The SMILES string of the molecule is CC(c1ccc2c(c1F)OC(C)(C)O2)N1C[C@H](C)N(c2cc(=O)n(C)c3c[nH]nc23)C[C@H]1C. The highest BCUT2D eigenvalue weighted by atomic mass is 19.1. The van der Waals surface area contributed by atoms with Crippen LogP contribution in [0.4, 0.5) is 10.1 Å². The average Bonchev–Trinajstić information content (AvgIpc) is 3.36.